The highest BCUT2D eigenvalue weighted by molar-refractivity contribution is 7.15. The maximum Gasteiger partial charge on any atom is 0.341 e. The third-order valence-electron chi connectivity index (χ3n) is 5.58. The number of nitrogens with one attached hydrogen (secondary N) is 1. The molecule has 1 amide bonds. The van der Waals surface area contributed by atoms with Crippen LogP contribution in [0, 0.1) is 11.3 Å². The normalized spacial score (nSPS) is 17.5. The van der Waals surface area contributed by atoms with Gasteiger partial charge in [0.2, 0.25) is 0 Å². The van der Waals surface area contributed by atoms with Crippen molar-refractivity contribution >= 4 is 23.2 Å². The van der Waals surface area contributed by atoms with Crippen LogP contribution in [0.25, 0.3) is 5.00 Å². The Morgan fingerprint density at radius 1 is 1.18 bits per heavy atom. The summed E-state index contributed by atoms with van der Waals surface area (Å²) in [6.45, 7) is -0.363. The average molecular weight is 398 g/mol. The molecule has 0 radical (unpaired) electrons. The Morgan fingerprint density at radius 2 is 1.89 bits per heavy atom. The summed E-state index contributed by atoms with van der Waals surface area (Å²) in [5.74, 6) is -0.876. The summed E-state index contributed by atoms with van der Waals surface area (Å²) in [5.41, 5.74) is 0.843. The van der Waals surface area contributed by atoms with E-state index in [1.54, 1.807) is 11.3 Å². The van der Waals surface area contributed by atoms with Crippen molar-refractivity contribution in [3.63, 3.8) is 0 Å². The van der Waals surface area contributed by atoms with Crippen molar-refractivity contribution in [2.24, 2.45) is 0 Å². The third-order valence-corrected chi connectivity index (χ3v) is 6.89. The minimum atomic E-state index is -0.804. The lowest BCUT2D eigenvalue weighted by Crippen LogP contribution is -2.46. The van der Waals surface area contributed by atoms with E-state index in [0.717, 1.165) is 49.1 Å². The van der Waals surface area contributed by atoms with Crippen LogP contribution in [0.2, 0.25) is 0 Å². The van der Waals surface area contributed by atoms with Crippen LogP contribution >= 0.6 is 11.3 Å². The first-order chi connectivity index (χ1) is 13.6. The third kappa shape index (κ3) is 3.57. The SMILES string of the molecule is N#CC1(NC(=O)COC(=O)c2c(-n3cccc3)sc3c2CCCC3)CCCC1. The fraction of sp³-hybridized carbons (Fsp3) is 0.476. The molecule has 0 bridgehead atoms. The number of esters is 1. The zero-order valence-electron chi connectivity index (χ0n) is 15.7. The molecule has 2 aromatic rings. The van der Waals surface area contributed by atoms with Gasteiger partial charge in [-0.15, -0.1) is 11.3 Å². The highest BCUT2D eigenvalue weighted by Crippen LogP contribution is 2.37. The van der Waals surface area contributed by atoms with Gasteiger partial charge in [-0.25, -0.2) is 4.79 Å². The first-order valence-electron chi connectivity index (χ1n) is 9.79. The van der Waals surface area contributed by atoms with Crippen LogP contribution in [0.3, 0.4) is 0 Å². The molecular weight excluding hydrogens is 374 g/mol. The van der Waals surface area contributed by atoms with E-state index in [1.165, 1.54) is 4.88 Å². The molecule has 0 aromatic carbocycles. The fourth-order valence-electron chi connectivity index (χ4n) is 4.16. The second-order valence-electron chi connectivity index (χ2n) is 7.51. The Hall–Kier alpha value is -2.59. The molecule has 1 saturated carbocycles. The maximum absolute atomic E-state index is 12.9. The minimum absolute atomic E-state index is 0.363. The predicted octanol–water partition coefficient (Wildman–Crippen LogP) is 3.53. The predicted molar refractivity (Wildman–Crippen MR) is 106 cm³/mol. The van der Waals surface area contributed by atoms with Crippen LogP contribution in [0.4, 0.5) is 0 Å². The Morgan fingerprint density at radius 3 is 2.61 bits per heavy atom. The number of aryl methyl sites for hydroxylation is 1. The van der Waals surface area contributed by atoms with Gasteiger partial charge in [-0.1, -0.05) is 0 Å². The summed E-state index contributed by atoms with van der Waals surface area (Å²) in [7, 11) is 0. The molecule has 2 heterocycles. The molecule has 2 aromatic heterocycles. The van der Waals surface area contributed by atoms with Crippen LogP contribution in [0.1, 0.15) is 59.3 Å². The molecule has 2 aliphatic carbocycles. The summed E-state index contributed by atoms with van der Waals surface area (Å²) in [6.07, 6.45) is 11.0. The van der Waals surface area contributed by atoms with Crippen molar-refractivity contribution < 1.29 is 14.3 Å². The van der Waals surface area contributed by atoms with Gasteiger partial charge >= 0.3 is 5.97 Å². The summed E-state index contributed by atoms with van der Waals surface area (Å²) in [6, 6.07) is 6.06. The van der Waals surface area contributed by atoms with E-state index in [2.05, 4.69) is 11.4 Å². The van der Waals surface area contributed by atoms with E-state index >= 15 is 0 Å². The Kier molecular flexibility index (Phi) is 5.23. The number of fused-ring (bicyclic) bond motifs is 1. The van der Waals surface area contributed by atoms with Crippen molar-refractivity contribution in [2.45, 2.75) is 56.9 Å². The molecule has 2 aliphatic rings. The molecule has 6 nitrogen and oxygen atoms in total. The minimum Gasteiger partial charge on any atom is -0.452 e. The summed E-state index contributed by atoms with van der Waals surface area (Å²) >= 11 is 1.63. The number of thiophene rings is 1. The van der Waals surface area contributed by atoms with Crippen molar-refractivity contribution in [2.75, 3.05) is 6.61 Å². The van der Waals surface area contributed by atoms with E-state index in [1.807, 2.05) is 29.1 Å². The Bertz CT molecular complexity index is 918. The second-order valence-corrected chi connectivity index (χ2v) is 8.59. The van der Waals surface area contributed by atoms with Gasteiger partial charge < -0.3 is 14.6 Å². The first-order valence-corrected chi connectivity index (χ1v) is 10.6. The quantitative estimate of drug-likeness (QED) is 0.783. The molecule has 7 heteroatoms. The number of nitriles is 1. The molecule has 0 spiro atoms. The topological polar surface area (TPSA) is 84.1 Å². The number of rotatable bonds is 5. The monoisotopic (exact) mass is 397 g/mol. The van der Waals surface area contributed by atoms with E-state index < -0.39 is 17.4 Å². The lowest BCUT2D eigenvalue weighted by molar-refractivity contribution is -0.125. The number of carbonyl (C=O) groups excluding carboxylic acids is 2. The van der Waals surface area contributed by atoms with Crippen LogP contribution < -0.4 is 5.32 Å². The van der Waals surface area contributed by atoms with Crippen LogP contribution in [0.5, 0.6) is 0 Å². The van der Waals surface area contributed by atoms with Gasteiger partial charge in [0, 0.05) is 17.3 Å². The molecule has 0 saturated heterocycles. The van der Waals surface area contributed by atoms with Crippen LogP contribution in [-0.2, 0) is 22.4 Å². The molecule has 0 atom stereocenters. The van der Waals surface area contributed by atoms with E-state index in [0.29, 0.717) is 18.4 Å². The van der Waals surface area contributed by atoms with E-state index in [-0.39, 0.29) is 6.61 Å². The van der Waals surface area contributed by atoms with Gasteiger partial charge in [0.1, 0.15) is 10.5 Å². The smallest absolute Gasteiger partial charge is 0.341 e. The van der Waals surface area contributed by atoms with Crippen molar-refractivity contribution in [3.05, 3.63) is 40.5 Å². The maximum atomic E-state index is 12.9. The number of hydrogen-bond acceptors (Lipinski definition) is 5. The zero-order valence-corrected chi connectivity index (χ0v) is 16.5. The van der Waals surface area contributed by atoms with E-state index in [4.69, 9.17) is 4.74 Å². The zero-order chi connectivity index (χ0) is 19.6. The van der Waals surface area contributed by atoms with Crippen LogP contribution in [0.15, 0.2) is 24.5 Å². The molecule has 4 rings (SSSR count). The number of nitrogens with zero attached hydrogens (tertiary/aromatic N) is 2. The van der Waals surface area contributed by atoms with Crippen LogP contribution in [-0.4, -0.2) is 28.6 Å². The van der Waals surface area contributed by atoms with Gasteiger partial charge in [0.25, 0.3) is 5.91 Å². The Balaban J connectivity index is 1.50. The molecule has 146 valence electrons. The average Bonchev–Trinajstić information content (AvgIpc) is 3.45. The van der Waals surface area contributed by atoms with Crippen molar-refractivity contribution in [1.29, 1.82) is 5.26 Å². The van der Waals surface area contributed by atoms with Gasteiger partial charge in [0.15, 0.2) is 6.61 Å². The molecule has 1 N–H and O–H groups in total. The number of aromatic nitrogens is 1. The highest BCUT2D eigenvalue weighted by atomic mass is 32.1. The summed E-state index contributed by atoms with van der Waals surface area (Å²) < 4.78 is 7.32. The molecule has 1 fully saturated rings. The van der Waals surface area contributed by atoms with Crippen molar-refractivity contribution in [3.8, 4) is 11.1 Å². The van der Waals surface area contributed by atoms with E-state index in [9.17, 15) is 14.9 Å². The molecule has 0 aliphatic heterocycles. The van der Waals surface area contributed by atoms with Gasteiger partial charge in [0.05, 0.1) is 11.6 Å². The lowest BCUT2D eigenvalue weighted by atomic mass is 9.95. The Labute approximate surface area is 168 Å². The number of hydrogen-bond donors (Lipinski definition) is 1. The standard InChI is InChI=1S/C21H23N3O3S/c22-14-21(9-3-4-10-21)23-17(25)13-27-20(26)18-15-7-1-2-8-16(15)28-19(18)24-11-5-6-12-24/h5-6,11-12H,1-4,7-10,13H2,(H,23,25). The largest absolute Gasteiger partial charge is 0.452 e. The van der Waals surface area contributed by atoms with Gasteiger partial charge in [-0.2, -0.15) is 5.26 Å². The molecule has 28 heavy (non-hydrogen) atoms. The molecular formula is C21H23N3O3S. The lowest BCUT2D eigenvalue weighted by Gasteiger charge is -2.21. The fourth-order valence-corrected chi connectivity index (χ4v) is 5.51. The number of ether oxygens (including phenoxy) is 1. The summed E-state index contributed by atoms with van der Waals surface area (Å²) in [5, 5.41) is 13.0. The number of amides is 1. The van der Waals surface area contributed by atoms with Gasteiger partial charge in [-0.05, 0) is 69.1 Å². The van der Waals surface area contributed by atoms with Crippen molar-refractivity contribution in [1.82, 2.24) is 9.88 Å². The molecule has 0 unspecified atom stereocenters. The first kappa shape index (κ1) is 18.8. The second kappa shape index (κ2) is 7.80. The highest BCUT2D eigenvalue weighted by Gasteiger charge is 2.35. The van der Waals surface area contributed by atoms with Gasteiger partial charge in [-0.3, -0.25) is 4.79 Å². The number of carbonyl (C=O) groups is 2. The summed E-state index contributed by atoms with van der Waals surface area (Å²) in [4.78, 5) is 26.4.